The molecule has 0 bridgehead atoms. The number of benzene rings is 3. The van der Waals surface area contributed by atoms with Gasteiger partial charge in [0, 0.05) is 11.6 Å². The fraction of sp³-hybridized carbons (Fsp3) is 0.0909. The predicted molar refractivity (Wildman–Crippen MR) is 102 cm³/mol. The highest BCUT2D eigenvalue weighted by molar-refractivity contribution is 5.94. The van der Waals surface area contributed by atoms with Crippen molar-refractivity contribution in [2.75, 3.05) is 7.11 Å². The van der Waals surface area contributed by atoms with Gasteiger partial charge in [-0.1, -0.05) is 54.6 Å². The molecule has 0 unspecified atom stereocenters. The van der Waals surface area contributed by atoms with Crippen LogP contribution in [0.15, 0.2) is 79.0 Å². The Kier molecular flexibility index (Phi) is 4.23. The summed E-state index contributed by atoms with van der Waals surface area (Å²) in [4.78, 5) is 11.7. The Hall–Kier alpha value is -3.40. The lowest BCUT2D eigenvalue weighted by molar-refractivity contribution is 0.0601. The van der Waals surface area contributed by atoms with Crippen LogP contribution in [0, 0.1) is 0 Å². The van der Waals surface area contributed by atoms with Crippen LogP contribution in [-0.2, 0) is 11.3 Å². The topological polar surface area (TPSA) is 44.1 Å². The number of fused-ring (bicyclic) bond motifs is 1. The molecule has 4 heteroatoms. The number of nitrogens with zero attached hydrogens (tertiary/aromatic N) is 2. The third-order valence-corrected chi connectivity index (χ3v) is 4.38. The molecule has 0 saturated carbocycles. The van der Waals surface area contributed by atoms with Crippen LogP contribution in [0.3, 0.4) is 0 Å². The van der Waals surface area contributed by atoms with E-state index in [1.807, 2.05) is 41.2 Å². The lowest BCUT2D eigenvalue weighted by Gasteiger charge is -2.05. The van der Waals surface area contributed by atoms with Crippen LogP contribution in [0.1, 0.15) is 15.9 Å². The third-order valence-electron chi connectivity index (χ3n) is 4.38. The van der Waals surface area contributed by atoms with Gasteiger partial charge in [0.15, 0.2) is 0 Å². The molecule has 0 saturated heterocycles. The minimum absolute atomic E-state index is 0.337. The van der Waals surface area contributed by atoms with Gasteiger partial charge in [0.05, 0.1) is 24.7 Å². The van der Waals surface area contributed by atoms with Crippen molar-refractivity contribution in [3.05, 3.63) is 90.1 Å². The van der Waals surface area contributed by atoms with Crippen LogP contribution < -0.4 is 0 Å². The number of methoxy groups -OCH3 is 1. The number of esters is 1. The first kappa shape index (κ1) is 16.1. The number of hydrogen-bond donors (Lipinski definition) is 0. The van der Waals surface area contributed by atoms with E-state index in [0.717, 1.165) is 10.9 Å². The summed E-state index contributed by atoms with van der Waals surface area (Å²) in [6.07, 6.45) is 1.95. The van der Waals surface area contributed by atoms with Gasteiger partial charge >= 0.3 is 5.97 Å². The molecular weight excluding hydrogens is 324 g/mol. The molecule has 0 atom stereocenters. The van der Waals surface area contributed by atoms with E-state index in [4.69, 9.17) is 4.74 Å². The molecular formula is C22H18N2O2. The molecule has 0 spiro atoms. The van der Waals surface area contributed by atoms with Gasteiger partial charge in [0.25, 0.3) is 0 Å². The van der Waals surface area contributed by atoms with Crippen LogP contribution in [0.2, 0.25) is 0 Å². The summed E-state index contributed by atoms with van der Waals surface area (Å²) in [6, 6.07) is 24.2. The number of carbonyl (C=O) groups excluding carboxylic acids is 1. The molecule has 0 fully saturated rings. The summed E-state index contributed by atoms with van der Waals surface area (Å²) in [5.41, 5.74) is 4.97. The summed E-state index contributed by atoms with van der Waals surface area (Å²) in [5.74, 6) is -0.337. The standard InChI is InChI=1S/C22H18N2O2/c1-26-22(25)19-11-12-21-20(13-19)15-24(23-21)14-16-7-9-18(10-8-16)17-5-3-2-4-6-17/h2-13,15H,14H2,1H3. The van der Waals surface area contributed by atoms with Gasteiger partial charge in [-0.3, -0.25) is 4.68 Å². The van der Waals surface area contributed by atoms with Crippen molar-refractivity contribution >= 4 is 16.9 Å². The molecule has 1 heterocycles. The Bertz CT molecular complexity index is 1050. The highest BCUT2D eigenvalue weighted by atomic mass is 16.5. The first-order valence-corrected chi connectivity index (χ1v) is 8.43. The van der Waals surface area contributed by atoms with Crippen LogP contribution in [-0.4, -0.2) is 22.9 Å². The van der Waals surface area contributed by atoms with Crippen molar-refractivity contribution < 1.29 is 9.53 Å². The van der Waals surface area contributed by atoms with Gasteiger partial charge in [-0.25, -0.2) is 4.79 Å². The maximum atomic E-state index is 11.7. The number of hydrogen-bond acceptors (Lipinski definition) is 3. The monoisotopic (exact) mass is 342 g/mol. The molecule has 4 rings (SSSR count). The van der Waals surface area contributed by atoms with E-state index in [-0.39, 0.29) is 5.97 Å². The normalized spacial score (nSPS) is 10.8. The molecule has 3 aromatic carbocycles. The summed E-state index contributed by atoms with van der Waals surface area (Å²) in [5, 5.41) is 5.50. The van der Waals surface area contributed by atoms with Crippen LogP contribution in [0.25, 0.3) is 22.0 Å². The van der Waals surface area contributed by atoms with E-state index in [1.54, 1.807) is 6.07 Å². The number of carbonyl (C=O) groups is 1. The van der Waals surface area contributed by atoms with Gasteiger partial charge < -0.3 is 4.74 Å². The van der Waals surface area contributed by atoms with Crippen molar-refractivity contribution in [2.24, 2.45) is 0 Å². The number of ether oxygens (including phenoxy) is 1. The van der Waals surface area contributed by atoms with Crippen molar-refractivity contribution in [1.29, 1.82) is 0 Å². The van der Waals surface area contributed by atoms with Gasteiger partial charge in [-0.2, -0.15) is 5.10 Å². The van der Waals surface area contributed by atoms with Crippen LogP contribution >= 0.6 is 0 Å². The van der Waals surface area contributed by atoms with Gasteiger partial charge in [-0.05, 0) is 34.9 Å². The first-order valence-electron chi connectivity index (χ1n) is 8.43. The lowest BCUT2D eigenvalue weighted by Crippen LogP contribution is -2.00. The maximum Gasteiger partial charge on any atom is 0.337 e. The zero-order chi connectivity index (χ0) is 17.9. The van der Waals surface area contributed by atoms with E-state index >= 15 is 0 Å². The molecule has 128 valence electrons. The second-order valence-corrected chi connectivity index (χ2v) is 6.15. The van der Waals surface area contributed by atoms with Gasteiger partial charge in [0.1, 0.15) is 0 Å². The van der Waals surface area contributed by atoms with E-state index in [2.05, 4.69) is 41.5 Å². The molecule has 0 radical (unpaired) electrons. The predicted octanol–water partition coefficient (Wildman–Crippen LogP) is 4.54. The van der Waals surface area contributed by atoms with E-state index in [0.29, 0.717) is 12.1 Å². The summed E-state index contributed by atoms with van der Waals surface area (Å²) >= 11 is 0. The van der Waals surface area contributed by atoms with Crippen molar-refractivity contribution in [2.45, 2.75) is 6.54 Å². The molecule has 0 aliphatic heterocycles. The van der Waals surface area contributed by atoms with Crippen molar-refractivity contribution in [1.82, 2.24) is 9.78 Å². The van der Waals surface area contributed by atoms with Gasteiger partial charge in [0.2, 0.25) is 0 Å². The smallest absolute Gasteiger partial charge is 0.337 e. The molecule has 0 aliphatic rings. The first-order chi connectivity index (χ1) is 12.7. The summed E-state index contributed by atoms with van der Waals surface area (Å²) in [6.45, 7) is 0.678. The fourth-order valence-electron chi connectivity index (χ4n) is 3.02. The van der Waals surface area contributed by atoms with E-state index < -0.39 is 0 Å². The number of aromatic nitrogens is 2. The average Bonchev–Trinajstić information content (AvgIpc) is 3.10. The average molecular weight is 342 g/mol. The Morgan fingerprint density at radius 3 is 2.42 bits per heavy atom. The minimum Gasteiger partial charge on any atom is -0.465 e. The summed E-state index contributed by atoms with van der Waals surface area (Å²) < 4.78 is 6.66. The minimum atomic E-state index is -0.337. The second-order valence-electron chi connectivity index (χ2n) is 6.15. The molecule has 0 N–H and O–H groups in total. The lowest BCUT2D eigenvalue weighted by atomic mass is 10.0. The Balaban J connectivity index is 1.56. The Morgan fingerprint density at radius 1 is 0.962 bits per heavy atom. The van der Waals surface area contributed by atoms with Gasteiger partial charge in [-0.15, -0.1) is 0 Å². The highest BCUT2D eigenvalue weighted by Crippen LogP contribution is 2.20. The molecule has 1 aromatic heterocycles. The largest absolute Gasteiger partial charge is 0.465 e. The Labute approximate surface area is 151 Å². The van der Waals surface area contributed by atoms with Crippen LogP contribution in [0.4, 0.5) is 0 Å². The zero-order valence-electron chi connectivity index (χ0n) is 14.4. The zero-order valence-corrected chi connectivity index (χ0v) is 14.4. The maximum absolute atomic E-state index is 11.7. The number of rotatable bonds is 4. The molecule has 4 aromatic rings. The summed E-state index contributed by atoms with van der Waals surface area (Å²) in [7, 11) is 1.38. The Morgan fingerprint density at radius 2 is 1.69 bits per heavy atom. The molecule has 0 aliphatic carbocycles. The SMILES string of the molecule is COC(=O)c1ccc2nn(Cc3ccc(-c4ccccc4)cc3)cc2c1. The quantitative estimate of drug-likeness (QED) is 0.512. The second kappa shape index (κ2) is 6.84. The van der Waals surface area contributed by atoms with Crippen molar-refractivity contribution in [3.63, 3.8) is 0 Å². The molecule has 0 amide bonds. The molecule has 26 heavy (non-hydrogen) atoms. The van der Waals surface area contributed by atoms with E-state index in [9.17, 15) is 4.79 Å². The van der Waals surface area contributed by atoms with E-state index in [1.165, 1.54) is 23.8 Å². The van der Waals surface area contributed by atoms with Crippen molar-refractivity contribution in [3.8, 4) is 11.1 Å². The fourth-order valence-corrected chi connectivity index (χ4v) is 3.02. The molecule has 4 nitrogen and oxygen atoms in total. The van der Waals surface area contributed by atoms with Crippen LogP contribution in [0.5, 0.6) is 0 Å². The third kappa shape index (κ3) is 3.22. The highest BCUT2D eigenvalue weighted by Gasteiger charge is 2.08.